The van der Waals surface area contributed by atoms with Crippen LogP contribution < -0.4 is 10.6 Å². The molecule has 2 rings (SSSR count). The maximum Gasteiger partial charge on any atom is 0.126 e. The second-order valence-corrected chi connectivity index (χ2v) is 5.16. The van der Waals surface area contributed by atoms with Crippen LogP contribution in [0.5, 0.6) is 0 Å². The molecular weight excluding hydrogens is 273 g/mol. The highest BCUT2D eigenvalue weighted by atomic mass is 32.2. The summed E-state index contributed by atoms with van der Waals surface area (Å²) in [7, 11) is 1.83. The number of rotatable bonds is 4. The van der Waals surface area contributed by atoms with Crippen LogP contribution in [0.4, 0.5) is 15.8 Å². The molecule has 0 amide bonds. The Bertz CT molecular complexity index is 643. The van der Waals surface area contributed by atoms with Crippen LogP contribution in [0.2, 0.25) is 0 Å². The summed E-state index contributed by atoms with van der Waals surface area (Å²) in [4.78, 5) is 2.76. The summed E-state index contributed by atoms with van der Waals surface area (Å²) in [5.74, 6) is -0.284. The number of nitrogens with zero attached hydrogens (tertiary/aromatic N) is 1. The largest absolute Gasteiger partial charge is 0.384 e. The van der Waals surface area contributed by atoms with Crippen molar-refractivity contribution in [1.82, 2.24) is 0 Å². The van der Waals surface area contributed by atoms with Gasteiger partial charge in [0.1, 0.15) is 11.7 Å². The Morgan fingerprint density at radius 1 is 1.25 bits per heavy atom. The van der Waals surface area contributed by atoms with E-state index in [1.165, 1.54) is 23.9 Å². The number of amidine groups is 1. The molecule has 0 saturated heterocycles. The average Bonchev–Trinajstić information content (AvgIpc) is 2.45. The average molecular weight is 289 g/mol. The maximum absolute atomic E-state index is 13.4. The lowest BCUT2D eigenvalue weighted by Crippen LogP contribution is -2.19. The standard InChI is InChI=1S/C15H16FN3S/c1-19(11-6-3-5-10(16)9-11)12-7-4-8-13(20-2)14(12)15(17)18/h3-9H,1-2H3,(H3,17,18). The molecule has 0 radical (unpaired) electrons. The number of nitrogens with two attached hydrogens (primary N) is 1. The molecule has 3 nitrogen and oxygen atoms in total. The quantitative estimate of drug-likeness (QED) is 0.513. The van der Waals surface area contributed by atoms with Gasteiger partial charge in [0, 0.05) is 17.6 Å². The number of hydrogen-bond acceptors (Lipinski definition) is 3. The number of hydrogen-bond donors (Lipinski definition) is 2. The minimum Gasteiger partial charge on any atom is -0.384 e. The third-order valence-corrected chi connectivity index (χ3v) is 3.83. The van der Waals surface area contributed by atoms with E-state index in [0.29, 0.717) is 11.3 Å². The zero-order valence-electron chi connectivity index (χ0n) is 11.4. The van der Waals surface area contributed by atoms with Gasteiger partial charge in [-0.3, -0.25) is 5.41 Å². The fraction of sp³-hybridized carbons (Fsp3) is 0.133. The monoisotopic (exact) mass is 289 g/mol. The summed E-state index contributed by atoms with van der Waals surface area (Å²) in [5, 5.41) is 7.78. The van der Waals surface area contributed by atoms with Crippen LogP contribution in [-0.4, -0.2) is 19.1 Å². The van der Waals surface area contributed by atoms with E-state index in [0.717, 1.165) is 10.6 Å². The van der Waals surface area contributed by atoms with Gasteiger partial charge in [0.15, 0.2) is 0 Å². The second-order valence-electron chi connectivity index (χ2n) is 4.31. The van der Waals surface area contributed by atoms with E-state index >= 15 is 0 Å². The predicted octanol–water partition coefficient (Wildman–Crippen LogP) is 3.60. The highest BCUT2D eigenvalue weighted by Gasteiger charge is 2.15. The smallest absolute Gasteiger partial charge is 0.126 e. The number of halogens is 1. The van der Waals surface area contributed by atoms with Crippen molar-refractivity contribution in [3.63, 3.8) is 0 Å². The Kier molecular flexibility index (Phi) is 4.29. The van der Waals surface area contributed by atoms with Gasteiger partial charge in [0.2, 0.25) is 0 Å². The van der Waals surface area contributed by atoms with E-state index < -0.39 is 0 Å². The molecule has 0 saturated carbocycles. The predicted molar refractivity (Wildman–Crippen MR) is 83.7 cm³/mol. The summed E-state index contributed by atoms with van der Waals surface area (Å²) in [5.41, 5.74) is 7.88. The Morgan fingerprint density at radius 3 is 2.55 bits per heavy atom. The Morgan fingerprint density at radius 2 is 1.95 bits per heavy atom. The fourth-order valence-electron chi connectivity index (χ4n) is 2.06. The molecule has 0 spiro atoms. The van der Waals surface area contributed by atoms with Gasteiger partial charge in [-0.15, -0.1) is 11.8 Å². The number of benzene rings is 2. The first-order chi connectivity index (χ1) is 9.54. The highest BCUT2D eigenvalue weighted by molar-refractivity contribution is 7.98. The Labute approximate surface area is 122 Å². The molecule has 0 aliphatic heterocycles. The summed E-state index contributed by atoms with van der Waals surface area (Å²) >= 11 is 1.53. The summed E-state index contributed by atoms with van der Waals surface area (Å²) in [6.07, 6.45) is 1.94. The Hall–Kier alpha value is -2.01. The van der Waals surface area contributed by atoms with Crippen LogP contribution in [0, 0.1) is 11.2 Å². The summed E-state index contributed by atoms with van der Waals surface area (Å²) in [6, 6.07) is 12.0. The topological polar surface area (TPSA) is 53.1 Å². The van der Waals surface area contributed by atoms with E-state index in [1.54, 1.807) is 6.07 Å². The molecule has 5 heteroatoms. The van der Waals surface area contributed by atoms with Crippen LogP contribution in [0.15, 0.2) is 47.4 Å². The first-order valence-corrected chi connectivity index (χ1v) is 7.27. The van der Waals surface area contributed by atoms with Gasteiger partial charge in [0.05, 0.1) is 11.3 Å². The number of nitrogen functional groups attached to an aromatic ring is 1. The first kappa shape index (κ1) is 14.4. The van der Waals surface area contributed by atoms with E-state index in [-0.39, 0.29) is 11.7 Å². The molecule has 0 aliphatic carbocycles. The second kappa shape index (κ2) is 5.96. The van der Waals surface area contributed by atoms with Crippen LogP contribution in [0.3, 0.4) is 0 Å². The van der Waals surface area contributed by atoms with Gasteiger partial charge >= 0.3 is 0 Å². The fourth-order valence-corrected chi connectivity index (χ4v) is 2.70. The molecule has 20 heavy (non-hydrogen) atoms. The van der Waals surface area contributed by atoms with Gasteiger partial charge in [-0.2, -0.15) is 0 Å². The van der Waals surface area contributed by atoms with Gasteiger partial charge in [-0.05, 0) is 36.6 Å². The van der Waals surface area contributed by atoms with Gasteiger partial charge < -0.3 is 10.6 Å². The van der Waals surface area contributed by atoms with Crippen LogP contribution in [-0.2, 0) is 0 Å². The molecule has 0 bridgehead atoms. The summed E-state index contributed by atoms with van der Waals surface area (Å²) in [6.45, 7) is 0. The number of anilines is 2. The molecule has 104 valence electrons. The lowest BCUT2D eigenvalue weighted by molar-refractivity contribution is 0.628. The van der Waals surface area contributed by atoms with Crippen molar-refractivity contribution in [1.29, 1.82) is 5.41 Å². The Balaban J connectivity index is 2.54. The zero-order chi connectivity index (χ0) is 14.7. The molecule has 0 aromatic heterocycles. The van der Waals surface area contributed by atoms with Crippen molar-refractivity contribution in [2.75, 3.05) is 18.2 Å². The number of nitrogens with one attached hydrogen (secondary N) is 1. The minimum absolute atomic E-state index is 0.00760. The van der Waals surface area contributed by atoms with Crippen molar-refractivity contribution < 1.29 is 4.39 Å². The third-order valence-electron chi connectivity index (χ3n) is 3.05. The zero-order valence-corrected chi connectivity index (χ0v) is 12.2. The SMILES string of the molecule is CSc1cccc(N(C)c2cccc(F)c2)c1C(=N)N. The van der Waals surface area contributed by atoms with Crippen molar-refractivity contribution >= 4 is 29.0 Å². The summed E-state index contributed by atoms with van der Waals surface area (Å²) < 4.78 is 13.4. The molecule has 0 heterocycles. The molecule has 0 aliphatic rings. The highest BCUT2D eigenvalue weighted by Crippen LogP contribution is 2.32. The van der Waals surface area contributed by atoms with Crippen LogP contribution in [0.1, 0.15) is 5.56 Å². The normalized spacial score (nSPS) is 10.3. The number of thioether (sulfide) groups is 1. The first-order valence-electron chi connectivity index (χ1n) is 6.05. The van der Waals surface area contributed by atoms with E-state index in [1.807, 2.05) is 42.5 Å². The molecule has 0 atom stereocenters. The van der Waals surface area contributed by atoms with E-state index in [9.17, 15) is 4.39 Å². The molecule has 2 aromatic rings. The van der Waals surface area contributed by atoms with Crippen molar-refractivity contribution in [3.05, 3.63) is 53.8 Å². The van der Waals surface area contributed by atoms with Gasteiger partial charge in [-0.1, -0.05) is 12.1 Å². The third kappa shape index (κ3) is 2.77. The van der Waals surface area contributed by atoms with Crippen molar-refractivity contribution in [2.45, 2.75) is 4.90 Å². The van der Waals surface area contributed by atoms with Gasteiger partial charge in [0.25, 0.3) is 0 Å². The van der Waals surface area contributed by atoms with Crippen LogP contribution in [0.25, 0.3) is 0 Å². The van der Waals surface area contributed by atoms with Gasteiger partial charge in [-0.25, -0.2) is 4.39 Å². The van der Waals surface area contributed by atoms with Crippen molar-refractivity contribution in [3.8, 4) is 0 Å². The lowest BCUT2D eigenvalue weighted by atomic mass is 10.1. The molecule has 0 unspecified atom stereocenters. The maximum atomic E-state index is 13.4. The molecule has 0 fully saturated rings. The van der Waals surface area contributed by atoms with E-state index in [4.69, 9.17) is 11.1 Å². The molecule has 2 aromatic carbocycles. The molecule has 3 N–H and O–H groups in total. The lowest BCUT2D eigenvalue weighted by Gasteiger charge is -2.23. The van der Waals surface area contributed by atoms with E-state index in [2.05, 4.69) is 0 Å². The minimum atomic E-state index is -0.292. The van der Waals surface area contributed by atoms with Crippen LogP contribution >= 0.6 is 11.8 Å². The van der Waals surface area contributed by atoms with Crippen molar-refractivity contribution in [2.24, 2.45) is 5.73 Å². The molecular formula is C15H16FN3S.